The molecular weight excluding hydrogens is 278 g/mol. The molecule has 1 aliphatic carbocycles. The molecule has 1 amide bonds. The lowest BCUT2D eigenvalue weighted by Gasteiger charge is -2.12. The van der Waals surface area contributed by atoms with Crippen molar-refractivity contribution >= 4 is 15.9 Å². The third kappa shape index (κ3) is 3.04. The summed E-state index contributed by atoms with van der Waals surface area (Å²) in [6, 6.07) is 1.53. The second-order valence-electron chi connectivity index (χ2n) is 5.59. The largest absolute Gasteiger partial charge is 0.348 e. The average molecular weight is 299 g/mol. The van der Waals surface area contributed by atoms with Crippen LogP contribution in [0.15, 0.2) is 17.2 Å². The first-order valence-electron chi connectivity index (χ1n) is 6.79. The molecule has 3 N–H and O–H groups in total. The van der Waals surface area contributed by atoms with Crippen LogP contribution in [-0.4, -0.2) is 24.9 Å². The second-order valence-corrected chi connectivity index (χ2v) is 7.15. The zero-order chi connectivity index (χ0) is 15.1. The van der Waals surface area contributed by atoms with E-state index in [2.05, 4.69) is 12.2 Å². The fraction of sp³-hybridized carbons (Fsp3) is 0.615. The van der Waals surface area contributed by atoms with Crippen LogP contribution in [0.25, 0.3) is 0 Å². The van der Waals surface area contributed by atoms with Crippen molar-refractivity contribution in [2.24, 2.45) is 11.1 Å². The van der Waals surface area contributed by atoms with E-state index in [1.807, 2.05) is 13.8 Å². The predicted molar refractivity (Wildman–Crippen MR) is 75.8 cm³/mol. The molecule has 2 rings (SSSR count). The summed E-state index contributed by atoms with van der Waals surface area (Å²) >= 11 is 0. The summed E-state index contributed by atoms with van der Waals surface area (Å²) < 4.78 is 24.5. The zero-order valence-corrected chi connectivity index (χ0v) is 12.8. The van der Waals surface area contributed by atoms with Gasteiger partial charge in [-0.05, 0) is 32.3 Å². The van der Waals surface area contributed by atoms with E-state index in [-0.39, 0.29) is 22.9 Å². The van der Waals surface area contributed by atoms with Gasteiger partial charge >= 0.3 is 0 Å². The predicted octanol–water partition coefficient (Wildman–Crippen LogP) is 1.24. The van der Waals surface area contributed by atoms with E-state index in [1.165, 1.54) is 12.3 Å². The number of carbonyl (C=O) groups is 1. The molecule has 0 saturated heterocycles. The Morgan fingerprint density at radius 1 is 1.55 bits per heavy atom. The molecule has 2 unspecified atom stereocenters. The molecule has 1 aliphatic rings. The van der Waals surface area contributed by atoms with E-state index in [1.54, 1.807) is 4.57 Å². The normalized spacial score (nSPS) is 22.1. The van der Waals surface area contributed by atoms with Gasteiger partial charge in [0.15, 0.2) is 0 Å². The standard InChI is InChI=1S/C13H21N3O3S/c1-4-9-5-11(9)15-13(17)12-6-10(20(14,18)19)7-16(12)8(2)3/h6-9,11H,4-5H2,1-3H3,(H,15,17)(H2,14,18,19). The Bertz CT molecular complexity index is 619. The molecular formula is C13H21N3O3S. The van der Waals surface area contributed by atoms with Crippen LogP contribution in [0.2, 0.25) is 0 Å². The Morgan fingerprint density at radius 3 is 2.65 bits per heavy atom. The molecule has 1 fully saturated rings. The molecule has 0 aromatic carbocycles. The molecule has 7 heteroatoms. The number of nitrogens with one attached hydrogen (secondary N) is 1. The molecule has 1 heterocycles. The first-order chi connectivity index (χ1) is 9.24. The molecule has 2 atom stereocenters. The van der Waals surface area contributed by atoms with E-state index in [9.17, 15) is 13.2 Å². The maximum absolute atomic E-state index is 12.3. The van der Waals surface area contributed by atoms with Crippen LogP contribution in [0.3, 0.4) is 0 Å². The molecule has 112 valence electrons. The third-order valence-electron chi connectivity index (χ3n) is 3.70. The number of primary sulfonamides is 1. The average Bonchev–Trinajstić information content (AvgIpc) is 2.90. The van der Waals surface area contributed by atoms with Gasteiger partial charge < -0.3 is 9.88 Å². The van der Waals surface area contributed by atoms with Crippen molar-refractivity contribution in [3.8, 4) is 0 Å². The SMILES string of the molecule is CCC1CC1NC(=O)c1cc(S(N)(=O)=O)cn1C(C)C. The number of nitrogens with two attached hydrogens (primary N) is 1. The minimum absolute atomic E-state index is 0.0209. The van der Waals surface area contributed by atoms with Crippen molar-refractivity contribution in [2.75, 3.05) is 0 Å². The van der Waals surface area contributed by atoms with Gasteiger partial charge in [-0.1, -0.05) is 13.3 Å². The highest BCUT2D eigenvalue weighted by molar-refractivity contribution is 7.89. The van der Waals surface area contributed by atoms with Crippen LogP contribution in [0.4, 0.5) is 0 Å². The summed E-state index contributed by atoms with van der Waals surface area (Å²) in [6.07, 6.45) is 3.45. The fourth-order valence-corrected chi connectivity index (χ4v) is 2.87. The zero-order valence-electron chi connectivity index (χ0n) is 12.0. The van der Waals surface area contributed by atoms with Crippen LogP contribution >= 0.6 is 0 Å². The van der Waals surface area contributed by atoms with E-state index in [0.717, 1.165) is 12.8 Å². The molecule has 0 aliphatic heterocycles. The van der Waals surface area contributed by atoms with Gasteiger partial charge in [0, 0.05) is 18.3 Å². The highest BCUT2D eigenvalue weighted by Crippen LogP contribution is 2.33. The highest BCUT2D eigenvalue weighted by Gasteiger charge is 2.37. The van der Waals surface area contributed by atoms with Crippen LogP contribution in [0.5, 0.6) is 0 Å². The van der Waals surface area contributed by atoms with Crippen molar-refractivity contribution in [1.82, 2.24) is 9.88 Å². The molecule has 1 aromatic rings. The van der Waals surface area contributed by atoms with Crippen LogP contribution in [0, 0.1) is 5.92 Å². The Kier molecular flexibility index (Phi) is 3.93. The number of amides is 1. The Labute approximate surface area is 119 Å². The van der Waals surface area contributed by atoms with Gasteiger partial charge in [-0.15, -0.1) is 0 Å². The summed E-state index contributed by atoms with van der Waals surface area (Å²) in [5.41, 5.74) is 0.339. The van der Waals surface area contributed by atoms with Gasteiger partial charge in [-0.2, -0.15) is 0 Å². The van der Waals surface area contributed by atoms with E-state index < -0.39 is 10.0 Å². The van der Waals surface area contributed by atoms with Crippen LogP contribution in [-0.2, 0) is 10.0 Å². The molecule has 0 radical (unpaired) electrons. The molecule has 0 bridgehead atoms. The summed E-state index contributed by atoms with van der Waals surface area (Å²) in [7, 11) is -3.80. The minimum atomic E-state index is -3.80. The lowest BCUT2D eigenvalue weighted by Crippen LogP contribution is -2.29. The first kappa shape index (κ1) is 15.1. The Morgan fingerprint density at radius 2 is 2.20 bits per heavy atom. The Balaban J connectivity index is 2.25. The summed E-state index contributed by atoms with van der Waals surface area (Å²) in [5.74, 6) is 0.300. The lowest BCUT2D eigenvalue weighted by molar-refractivity contribution is 0.0938. The van der Waals surface area contributed by atoms with Gasteiger partial charge in [0.2, 0.25) is 10.0 Å². The van der Waals surface area contributed by atoms with Crippen molar-refractivity contribution in [2.45, 2.75) is 50.6 Å². The van der Waals surface area contributed by atoms with Crippen molar-refractivity contribution in [3.05, 3.63) is 18.0 Å². The molecule has 1 aromatic heterocycles. The maximum Gasteiger partial charge on any atom is 0.268 e. The van der Waals surface area contributed by atoms with E-state index in [0.29, 0.717) is 11.6 Å². The maximum atomic E-state index is 12.3. The number of aromatic nitrogens is 1. The second kappa shape index (κ2) is 5.21. The van der Waals surface area contributed by atoms with Crippen molar-refractivity contribution in [1.29, 1.82) is 0 Å². The van der Waals surface area contributed by atoms with E-state index in [4.69, 9.17) is 5.14 Å². The quantitative estimate of drug-likeness (QED) is 0.856. The lowest BCUT2D eigenvalue weighted by atomic mass is 10.3. The first-order valence-corrected chi connectivity index (χ1v) is 8.34. The molecule has 1 saturated carbocycles. The van der Waals surface area contributed by atoms with Gasteiger partial charge in [-0.25, -0.2) is 13.6 Å². The summed E-state index contributed by atoms with van der Waals surface area (Å²) in [5, 5.41) is 8.06. The van der Waals surface area contributed by atoms with Gasteiger partial charge in [0.1, 0.15) is 10.6 Å². The third-order valence-corrected chi connectivity index (χ3v) is 4.58. The minimum Gasteiger partial charge on any atom is -0.348 e. The fourth-order valence-electron chi connectivity index (χ4n) is 2.34. The summed E-state index contributed by atoms with van der Waals surface area (Å²) in [6.45, 7) is 5.86. The highest BCUT2D eigenvalue weighted by atomic mass is 32.2. The monoisotopic (exact) mass is 299 g/mol. The molecule has 0 spiro atoms. The number of rotatable bonds is 5. The number of hydrogen-bond donors (Lipinski definition) is 2. The Hall–Kier alpha value is -1.34. The topological polar surface area (TPSA) is 94.2 Å². The van der Waals surface area contributed by atoms with Crippen molar-refractivity contribution in [3.63, 3.8) is 0 Å². The number of carbonyl (C=O) groups excluding carboxylic acids is 1. The van der Waals surface area contributed by atoms with Gasteiger partial charge in [0.05, 0.1) is 0 Å². The van der Waals surface area contributed by atoms with Crippen molar-refractivity contribution < 1.29 is 13.2 Å². The number of nitrogens with zero attached hydrogens (tertiary/aromatic N) is 1. The van der Waals surface area contributed by atoms with E-state index >= 15 is 0 Å². The van der Waals surface area contributed by atoms with Gasteiger partial charge in [0.25, 0.3) is 5.91 Å². The molecule has 20 heavy (non-hydrogen) atoms. The smallest absolute Gasteiger partial charge is 0.268 e. The number of hydrogen-bond acceptors (Lipinski definition) is 3. The van der Waals surface area contributed by atoms with Crippen LogP contribution in [0.1, 0.15) is 50.1 Å². The summed E-state index contributed by atoms with van der Waals surface area (Å²) in [4.78, 5) is 12.2. The van der Waals surface area contributed by atoms with Gasteiger partial charge in [-0.3, -0.25) is 4.79 Å². The number of sulfonamides is 1. The van der Waals surface area contributed by atoms with Crippen LogP contribution < -0.4 is 10.5 Å². The molecule has 6 nitrogen and oxygen atoms in total.